The van der Waals surface area contributed by atoms with Crippen molar-refractivity contribution in [3.63, 3.8) is 0 Å². The molecule has 0 saturated carbocycles. The molecule has 0 radical (unpaired) electrons. The molecule has 0 spiro atoms. The van der Waals surface area contributed by atoms with Gasteiger partial charge < -0.3 is 0 Å². The zero-order valence-electron chi connectivity index (χ0n) is 15.2. The lowest BCUT2D eigenvalue weighted by Gasteiger charge is -2.27. The van der Waals surface area contributed by atoms with Crippen LogP contribution in [0.2, 0.25) is 0 Å². The maximum atomic E-state index is 6.22. The van der Waals surface area contributed by atoms with E-state index in [9.17, 15) is 0 Å². The molecule has 2 nitrogen and oxygen atoms in total. The summed E-state index contributed by atoms with van der Waals surface area (Å²) in [6.45, 7) is 24.5. The summed E-state index contributed by atoms with van der Waals surface area (Å²) in [7, 11) is 0. The maximum absolute atomic E-state index is 6.22. The number of hydrogen-bond acceptors (Lipinski definition) is 2. The zero-order chi connectivity index (χ0) is 17.5. The van der Waals surface area contributed by atoms with Crippen LogP contribution in [0.25, 0.3) is 0 Å². The summed E-state index contributed by atoms with van der Waals surface area (Å²) in [6, 6.07) is 0. The van der Waals surface area contributed by atoms with Crippen LogP contribution in [0.15, 0.2) is 72.2 Å². The number of nitrogens with zero attached hydrogens (tertiary/aromatic N) is 1. The third-order valence-electron chi connectivity index (χ3n) is 3.64. The molecule has 0 unspecified atom stereocenters. The fraction of sp³-hybridized carbons (Fsp3) is 0.400. The van der Waals surface area contributed by atoms with Crippen molar-refractivity contribution in [1.82, 2.24) is 5.01 Å². The van der Waals surface area contributed by atoms with Gasteiger partial charge in [-0.05, 0) is 48.5 Å². The Bertz CT molecular complexity index is 522. The molecule has 0 aliphatic heterocycles. The van der Waals surface area contributed by atoms with Crippen molar-refractivity contribution in [1.29, 1.82) is 0 Å². The number of allylic oxidation sites excluding steroid dienone is 8. The molecular formula is C20H32N2. The number of hydrogen-bond donors (Lipinski definition) is 1. The van der Waals surface area contributed by atoms with Gasteiger partial charge in [-0.1, -0.05) is 65.2 Å². The average molecular weight is 300 g/mol. The minimum atomic E-state index is 0.0284. The Labute approximate surface area is 137 Å². The molecule has 0 aromatic heterocycles. The summed E-state index contributed by atoms with van der Waals surface area (Å²) in [6.07, 6.45) is 8.33. The van der Waals surface area contributed by atoms with Gasteiger partial charge in [0.1, 0.15) is 0 Å². The first-order valence-corrected chi connectivity index (χ1v) is 7.66. The lowest BCUT2D eigenvalue weighted by atomic mass is 9.82. The van der Waals surface area contributed by atoms with Crippen molar-refractivity contribution < 1.29 is 0 Å². The molecule has 122 valence electrons. The molecule has 0 heterocycles. The minimum absolute atomic E-state index is 0.0284. The average Bonchev–Trinajstić information content (AvgIpc) is 2.41. The van der Waals surface area contributed by atoms with E-state index in [4.69, 9.17) is 5.84 Å². The van der Waals surface area contributed by atoms with Gasteiger partial charge in [-0.3, -0.25) is 5.01 Å². The zero-order valence-corrected chi connectivity index (χ0v) is 15.2. The Morgan fingerprint density at radius 2 is 1.73 bits per heavy atom. The molecule has 0 fully saturated rings. The first-order valence-electron chi connectivity index (χ1n) is 7.66. The van der Waals surface area contributed by atoms with Crippen molar-refractivity contribution >= 4 is 0 Å². The summed E-state index contributed by atoms with van der Waals surface area (Å²) in [5.74, 6) is 6.22. The van der Waals surface area contributed by atoms with Gasteiger partial charge in [-0.25, -0.2) is 5.84 Å². The van der Waals surface area contributed by atoms with Crippen molar-refractivity contribution in [3.05, 3.63) is 72.2 Å². The SMILES string of the molecule is C=C/C=C(\C=C\N(N)/C(CC)=C(/C)C(=C)C(C)(C)C)C(=C)C. The van der Waals surface area contributed by atoms with E-state index in [2.05, 4.69) is 54.4 Å². The van der Waals surface area contributed by atoms with Crippen LogP contribution < -0.4 is 5.84 Å². The summed E-state index contributed by atoms with van der Waals surface area (Å²) in [4.78, 5) is 0. The van der Waals surface area contributed by atoms with E-state index in [0.717, 1.165) is 34.4 Å². The van der Waals surface area contributed by atoms with E-state index in [1.54, 1.807) is 11.1 Å². The largest absolute Gasteiger partial charge is 0.291 e. The van der Waals surface area contributed by atoms with Crippen molar-refractivity contribution in [2.24, 2.45) is 11.3 Å². The van der Waals surface area contributed by atoms with Crippen LogP contribution in [-0.2, 0) is 0 Å². The summed E-state index contributed by atoms with van der Waals surface area (Å²) in [5.41, 5.74) is 5.33. The topological polar surface area (TPSA) is 29.3 Å². The van der Waals surface area contributed by atoms with Crippen LogP contribution in [0.3, 0.4) is 0 Å². The van der Waals surface area contributed by atoms with E-state index >= 15 is 0 Å². The number of hydrazine groups is 1. The van der Waals surface area contributed by atoms with Gasteiger partial charge >= 0.3 is 0 Å². The van der Waals surface area contributed by atoms with Gasteiger partial charge in [-0.15, -0.1) is 0 Å². The summed E-state index contributed by atoms with van der Waals surface area (Å²) >= 11 is 0. The van der Waals surface area contributed by atoms with Gasteiger partial charge in [0.25, 0.3) is 0 Å². The second-order valence-electron chi connectivity index (χ2n) is 6.51. The van der Waals surface area contributed by atoms with Gasteiger partial charge in [0.05, 0.1) is 0 Å². The van der Waals surface area contributed by atoms with Crippen molar-refractivity contribution in [2.45, 2.75) is 48.0 Å². The van der Waals surface area contributed by atoms with Crippen LogP contribution in [-0.4, -0.2) is 5.01 Å². The molecule has 2 N–H and O–H groups in total. The maximum Gasteiger partial charge on any atom is 0.0371 e. The smallest absolute Gasteiger partial charge is 0.0371 e. The Kier molecular flexibility index (Phi) is 7.89. The standard InChI is InChI=1S/C20H32N2/c1-10-12-18(15(3)4)13-14-22(21)19(11-2)16(5)17(6)20(7,8)9/h10,12-14H,1,3,6,11,21H2,2,4-5,7-9H3/b14-13+,18-12+,19-16-. The highest BCUT2D eigenvalue weighted by Gasteiger charge is 2.19. The van der Waals surface area contributed by atoms with E-state index in [1.807, 2.05) is 25.3 Å². The third-order valence-corrected chi connectivity index (χ3v) is 3.64. The Balaban J connectivity index is 5.51. The number of rotatable bonds is 7. The predicted molar refractivity (Wildman–Crippen MR) is 99.8 cm³/mol. The van der Waals surface area contributed by atoms with Crippen LogP contribution in [0, 0.1) is 5.41 Å². The van der Waals surface area contributed by atoms with Gasteiger partial charge in [0.15, 0.2) is 0 Å². The molecule has 2 heteroatoms. The van der Waals surface area contributed by atoms with Crippen LogP contribution in [0.1, 0.15) is 48.0 Å². The highest BCUT2D eigenvalue weighted by atomic mass is 15.4. The van der Waals surface area contributed by atoms with Gasteiger partial charge in [0, 0.05) is 11.9 Å². The van der Waals surface area contributed by atoms with Crippen molar-refractivity contribution in [3.8, 4) is 0 Å². The molecule has 0 aliphatic rings. The lowest BCUT2D eigenvalue weighted by Crippen LogP contribution is -2.26. The van der Waals surface area contributed by atoms with E-state index in [-0.39, 0.29) is 5.41 Å². The molecular weight excluding hydrogens is 268 g/mol. The second kappa shape index (κ2) is 8.60. The highest BCUT2D eigenvalue weighted by Crippen LogP contribution is 2.32. The molecule has 0 aromatic rings. The molecule has 0 saturated heterocycles. The molecule has 0 aliphatic carbocycles. The highest BCUT2D eigenvalue weighted by molar-refractivity contribution is 5.40. The Morgan fingerprint density at radius 1 is 1.18 bits per heavy atom. The van der Waals surface area contributed by atoms with Crippen LogP contribution >= 0.6 is 0 Å². The third kappa shape index (κ3) is 5.90. The first-order chi connectivity index (χ1) is 10.1. The summed E-state index contributed by atoms with van der Waals surface area (Å²) < 4.78 is 0. The molecule has 22 heavy (non-hydrogen) atoms. The fourth-order valence-electron chi connectivity index (χ4n) is 2.10. The monoisotopic (exact) mass is 300 g/mol. The minimum Gasteiger partial charge on any atom is -0.291 e. The fourth-order valence-corrected chi connectivity index (χ4v) is 2.10. The van der Waals surface area contributed by atoms with Gasteiger partial charge in [-0.2, -0.15) is 0 Å². The second-order valence-corrected chi connectivity index (χ2v) is 6.51. The molecule has 0 aromatic carbocycles. The molecule has 0 atom stereocenters. The normalized spacial score (nSPS) is 13.9. The molecule has 0 bridgehead atoms. The first kappa shape index (κ1) is 20.2. The predicted octanol–water partition coefficient (Wildman–Crippen LogP) is 5.65. The van der Waals surface area contributed by atoms with Crippen molar-refractivity contribution in [2.75, 3.05) is 0 Å². The van der Waals surface area contributed by atoms with E-state index < -0.39 is 0 Å². The van der Waals surface area contributed by atoms with E-state index in [1.165, 1.54) is 0 Å². The lowest BCUT2D eigenvalue weighted by molar-refractivity contribution is 0.457. The van der Waals surface area contributed by atoms with Crippen LogP contribution in [0.5, 0.6) is 0 Å². The molecule has 0 amide bonds. The number of nitrogens with two attached hydrogens (primary N) is 1. The Morgan fingerprint density at radius 3 is 2.09 bits per heavy atom. The molecule has 0 rings (SSSR count). The van der Waals surface area contributed by atoms with E-state index in [0.29, 0.717) is 0 Å². The van der Waals surface area contributed by atoms with Crippen LogP contribution in [0.4, 0.5) is 0 Å². The summed E-state index contributed by atoms with van der Waals surface area (Å²) in [5, 5.41) is 1.67. The quantitative estimate of drug-likeness (QED) is 0.374. The van der Waals surface area contributed by atoms with Gasteiger partial charge in [0.2, 0.25) is 0 Å². The Hall–Kier alpha value is -1.80.